The summed E-state index contributed by atoms with van der Waals surface area (Å²) in [4.78, 5) is 37.6. The molecule has 8 nitrogen and oxygen atoms in total. The quantitative estimate of drug-likeness (QED) is 0.196. The zero-order valence-corrected chi connectivity index (χ0v) is 20.9. The lowest BCUT2D eigenvalue weighted by molar-refractivity contribution is -0.132. The highest BCUT2D eigenvalue weighted by Gasteiger charge is 2.48. The van der Waals surface area contributed by atoms with Crippen molar-refractivity contribution in [2.45, 2.75) is 19.9 Å². The molecule has 0 saturated carbocycles. The highest BCUT2D eigenvalue weighted by Crippen LogP contribution is 2.44. The topological polar surface area (TPSA) is 97.0 Å². The van der Waals surface area contributed by atoms with E-state index in [1.165, 1.54) is 16.2 Å². The predicted molar refractivity (Wildman–Crippen MR) is 142 cm³/mol. The van der Waals surface area contributed by atoms with E-state index in [4.69, 9.17) is 4.74 Å². The Morgan fingerprint density at radius 2 is 1.84 bits per heavy atom. The number of rotatable bonds is 5. The van der Waals surface area contributed by atoms with E-state index >= 15 is 0 Å². The van der Waals surface area contributed by atoms with Crippen molar-refractivity contribution in [1.82, 2.24) is 14.4 Å². The smallest absolute Gasteiger partial charge is 0.301 e. The summed E-state index contributed by atoms with van der Waals surface area (Å²) in [5.41, 5.74) is 2.92. The average molecular weight is 511 g/mol. The molecule has 3 aromatic heterocycles. The van der Waals surface area contributed by atoms with Gasteiger partial charge in [0.25, 0.3) is 5.78 Å². The standard InChI is InChI=1S/C28H22N4O4S/c1-3-36-18-12-13-19-20(15-18)37-28(30-19)32-24(17-9-5-4-6-10-17)22(26(34)27(32)35)25(33)23-16(2)29-21-11-7-8-14-31(21)23/h4-15,24,33H,3H2,1-2H3. The van der Waals surface area contributed by atoms with Crippen LogP contribution in [0.15, 0.2) is 78.5 Å². The second-order valence-corrected chi connectivity index (χ2v) is 9.62. The van der Waals surface area contributed by atoms with E-state index in [0.717, 1.165) is 4.70 Å². The number of carbonyl (C=O) groups excluding carboxylic acids is 2. The number of aliphatic hydroxyl groups is 1. The predicted octanol–water partition coefficient (Wildman–Crippen LogP) is 5.28. The van der Waals surface area contributed by atoms with Gasteiger partial charge in [-0.1, -0.05) is 47.7 Å². The van der Waals surface area contributed by atoms with Crippen LogP contribution in [0, 0.1) is 6.92 Å². The van der Waals surface area contributed by atoms with Gasteiger partial charge < -0.3 is 9.84 Å². The molecule has 5 aromatic rings. The van der Waals surface area contributed by atoms with Crippen LogP contribution in [0.4, 0.5) is 5.13 Å². The zero-order valence-electron chi connectivity index (χ0n) is 20.1. The molecule has 1 saturated heterocycles. The van der Waals surface area contributed by atoms with Crippen molar-refractivity contribution in [2.24, 2.45) is 0 Å². The Balaban J connectivity index is 1.57. The first-order valence-corrected chi connectivity index (χ1v) is 12.6. The molecule has 1 aliphatic rings. The number of ketones is 1. The second kappa shape index (κ2) is 8.86. The fraction of sp³-hybridized carbons (Fsp3) is 0.143. The number of hydrogen-bond donors (Lipinski definition) is 1. The molecule has 1 fully saturated rings. The number of amides is 1. The van der Waals surface area contributed by atoms with Crippen LogP contribution in [0.2, 0.25) is 0 Å². The van der Waals surface area contributed by atoms with Gasteiger partial charge in [-0.15, -0.1) is 0 Å². The van der Waals surface area contributed by atoms with E-state index in [1.807, 2.05) is 73.7 Å². The summed E-state index contributed by atoms with van der Waals surface area (Å²) in [5.74, 6) is -1.09. The normalized spacial score (nSPS) is 17.2. The SMILES string of the molecule is CCOc1ccc2nc(N3C(=O)C(=O)C(=C(O)c4c(C)nc5ccccn45)C3c3ccccc3)sc2c1. The van der Waals surface area contributed by atoms with Gasteiger partial charge in [-0.2, -0.15) is 0 Å². The van der Waals surface area contributed by atoms with Gasteiger partial charge in [0.05, 0.1) is 34.1 Å². The molecule has 1 atom stereocenters. The number of nitrogens with zero attached hydrogens (tertiary/aromatic N) is 4. The first-order valence-electron chi connectivity index (χ1n) is 11.8. The molecular weight excluding hydrogens is 488 g/mol. The van der Waals surface area contributed by atoms with Crippen LogP contribution < -0.4 is 9.64 Å². The van der Waals surface area contributed by atoms with E-state index < -0.39 is 17.7 Å². The van der Waals surface area contributed by atoms with Crippen molar-refractivity contribution in [3.63, 3.8) is 0 Å². The number of aliphatic hydroxyl groups excluding tert-OH is 1. The minimum absolute atomic E-state index is 0.000727. The van der Waals surface area contributed by atoms with E-state index in [2.05, 4.69) is 9.97 Å². The van der Waals surface area contributed by atoms with Gasteiger partial charge in [0.15, 0.2) is 10.9 Å². The van der Waals surface area contributed by atoms with Crippen LogP contribution in [0.5, 0.6) is 5.75 Å². The van der Waals surface area contributed by atoms with Crippen molar-refractivity contribution < 1.29 is 19.4 Å². The summed E-state index contributed by atoms with van der Waals surface area (Å²) >= 11 is 1.30. The van der Waals surface area contributed by atoms with Gasteiger partial charge in [0.1, 0.15) is 17.1 Å². The molecule has 0 radical (unpaired) electrons. The first-order chi connectivity index (χ1) is 18.0. The van der Waals surface area contributed by atoms with Gasteiger partial charge in [-0.3, -0.25) is 18.9 Å². The maximum Gasteiger partial charge on any atom is 0.301 e. The zero-order chi connectivity index (χ0) is 25.7. The number of hydrogen-bond acceptors (Lipinski definition) is 7. The monoisotopic (exact) mass is 510 g/mol. The maximum absolute atomic E-state index is 13.5. The van der Waals surface area contributed by atoms with Crippen LogP contribution in [0.3, 0.4) is 0 Å². The first kappa shape index (κ1) is 22.9. The van der Waals surface area contributed by atoms with Crippen LogP contribution in [0.1, 0.15) is 29.9 Å². The third kappa shape index (κ3) is 3.66. The summed E-state index contributed by atoms with van der Waals surface area (Å²) in [7, 11) is 0. The summed E-state index contributed by atoms with van der Waals surface area (Å²) in [6, 6.07) is 19.3. The fourth-order valence-electron chi connectivity index (χ4n) is 4.76. The number of ether oxygens (including phenoxy) is 1. The Bertz CT molecular complexity index is 1720. The Morgan fingerprint density at radius 1 is 1.05 bits per heavy atom. The van der Waals surface area contributed by atoms with Crippen LogP contribution >= 0.6 is 11.3 Å². The number of anilines is 1. The molecule has 6 rings (SSSR count). The van der Waals surface area contributed by atoms with Crippen molar-refractivity contribution >= 4 is 49.8 Å². The van der Waals surface area contributed by atoms with E-state index in [-0.39, 0.29) is 11.3 Å². The molecule has 4 heterocycles. The van der Waals surface area contributed by atoms with Crippen molar-refractivity contribution in [2.75, 3.05) is 11.5 Å². The van der Waals surface area contributed by atoms with Gasteiger partial charge in [-0.25, -0.2) is 9.97 Å². The van der Waals surface area contributed by atoms with E-state index in [1.54, 1.807) is 17.5 Å². The molecule has 9 heteroatoms. The Labute approximate surface area is 216 Å². The van der Waals surface area contributed by atoms with Gasteiger partial charge >= 0.3 is 5.91 Å². The molecule has 2 aromatic carbocycles. The molecule has 1 N–H and O–H groups in total. The van der Waals surface area contributed by atoms with Gasteiger partial charge in [-0.05, 0) is 49.7 Å². The average Bonchev–Trinajstić information content (AvgIpc) is 3.55. The maximum atomic E-state index is 13.5. The third-order valence-electron chi connectivity index (χ3n) is 6.35. The number of Topliss-reactive ketones (excluding diaryl/α,β-unsaturated/α-hetero) is 1. The molecule has 1 unspecified atom stereocenters. The number of imidazole rings is 1. The second-order valence-electron chi connectivity index (χ2n) is 8.61. The molecule has 0 bridgehead atoms. The minimum Gasteiger partial charge on any atom is -0.505 e. The van der Waals surface area contributed by atoms with Crippen LogP contribution in [-0.4, -0.2) is 37.8 Å². The summed E-state index contributed by atoms with van der Waals surface area (Å²) < 4.78 is 8.15. The number of aryl methyl sites for hydroxylation is 1. The fourth-order valence-corrected chi connectivity index (χ4v) is 5.78. The van der Waals surface area contributed by atoms with Crippen molar-refractivity contribution in [3.05, 3.63) is 95.5 Å². The number of aromatic nitrogens is 3. The number of fused-ring (bicyclic) bond motifs is 2. The Morgan fingerprint density at radius 3 is 2.62 bits per heavy atom. The molecular formula is C28H22N4O4S. The molecule has 184 valence electrons. The van der Waals surface area contributed by atoms with Crippen molar-refractivity contribution in [1.29, 1.82) is 0 Å². The highest BCUT2D eigenvalue weighted by molar-refractivity contribution is 7.22. The minimum atomic E-state index is -0.859. The van der Waals surface area contributed by atoms with Crippen LogP contribution in [-0.2, 0) is 9.59 Å². The number of thiazole rings is 1. The van der Waals surface area contributed by atoms with Crippen LogP contribution in [0.25, 0.3) is 21.6 Å². The Kier molecular flexibility index (Phi) is 5.49. The van der Waals surface area contributed by atoms with Gasteiger partial charge in [0, 0.05) is 6.20 Å². The number of pyridine rings is 1. The highest BCUT2D eigenvalue weighted by atomic mass is 32.1. The van der Waals surface area contributed by atoms with Crippen molar-refractivity contribution in [3.8, 4) is 5.75 Å². The largest absolute Gasteiger partial charge is 0.505 e. The summed E-state index contributed by atoms with van der Waals surface area (Å²) in [6.07, 6.45) is 1.77. The van der Waals surface area contributed by atoms with E-state index in [0.29, 0.717) is 45.6 Å². The Hall–Kier alpha value is -4.50. The lowest BCUT2D eigenvalue weighted by atomic mass is 9.96. The lowest BCUT2D eigenvalue weighted by Gasteiger charge is -2.22. The van der Waals surface area contributed by atoms with Gasteiger partial charge in [0.2, 0.25) is 0 Å². The molecule has 0 aliphatic carbocycles. The molecule has 37 heavy (non-hydrogen) atoms. The number of benzene rings is 2. The lowest BCUT2D eigenvalue weighted by Crippen LogP contribution is -2.29. The summed E-state index contributed by atoms with van der Waals surface area (Å²) in [6.45, 7) is 4.20. The van der Waals surface area contributed by atoms with E-state index in [9.17, 15) is 14.7 Å². The third-order valence-corrected chi connectivity index (χ3v) is 7.37. The molecule has 0 spiro atoms. The number of carbonyl (C=O) groups is 2. The molecule has 1 amide bonds. The molecule has 1 aliphatic heterocycles. The summed E-state index contributed by atoms with van der Waals surface area (Å²) in [5, 5.41) is 12.0.